The highest BCUT2D eigenvalue weighted by atomic mass is 19.2. The van der Waals surface area contributed by atoms with Gasteiger partial charge in [-0.1, -0.05) is 6.07 Å². The maximum absolute atomic E-state index is 13.2. The molecule has 1 aromatic rings. The Bertz CT molecular complexity index is 361. The molecule has 0 saturated heterocycles. The van der Waals surface area contributed by atoms with Gasteiger partial charge in [0.15, 0.2) is 11.6 Å². The van der Waals surface area contributed by atoms with Gasteiger partial charge in [0.25, 0.3) is 0 Å². The fraction of sp³-hybridized carbons (Fsp3) is 0.538. The molecule has 16 heavy (non-hydrogen) atoms. The van der Waals surface area contributed by atoms with Gasteiger partial charge in [0.05, 0.1) is 0 Å². The first kappa shape index (κ1) is 11.5. The van der Waals surface area contributed by atoms with Crippen molar-refractivity contribution in [1.29, 1.82) is 0 Å². The summed E-state index contributed by atoms with van der Waals surface area (Å²) in [5, 5.41) is 3.11. The minimum atomic E-state index is -0.757. The van der Waals surface area contributed by atoms with Gasteiger partial charge >= 0.3 is 0 Å². The summed E-state index contributed by atoms with van der Waals surface area (Å²) in [6.45, 7) is 0.917. The maximum Gasteiger partial charge on any atom is 0.159 e. The van der Waals surface area contributed by atoms with Crippen molar-refractivity contribution >= 4 is 0 Å². The largest absolute Gasteiger partial charge is 0.320 e. The monoisotopic (exact) mass is 225 g/mol. The van der Waals surface area contributed by atoms with Crippen molar-refractivity contribution in [2.75, 3.05) is 13.6 Å². The molecule has 88 valence electrons. The van der Waals surface area contributed by atoms with E-state index in [1.54, 1.807) is 6.07 Å². The molecular weight excluding hydrogens is 208 g/mol. The summed E-state index contributed by atoms with van der Waals surface area (Å²) in [4.78, 5) is 0. The Kier molecular flexibility index (Phi) is 3.54. The van der Waals surface area contributed by atoms with Crippen LogP contribution in [0.25, 0.3) is 0 Å². The van der Waals surface area contributed by atoms with E-state index in [2.05, 4.69) is 5.32 Å². The number of hydrogen-bond acceptors (Lipinski definition) is 1. The molecule has 0 bridgehead atoms. The van der Waals surface area contributed by atoms with E-state index in [9.17, 15) is 8.78 Å². The smallest absolute Gasteiger partial charge is 0.159 e. The van der Waals surface area contributed by atoms with Crippen LogP contribution in [0.15, 0.2) is 18.2 Å². The van der Waals surface area contributed by atoms with Gasteiger partial charge in [0.2, 0.25) is 0 Å². The van der Waals surface area contributed by atoms with E-state index < -0.39 is 11.6 Å². The zero-order chi connectivity index (χ0) is 11.5. The summed E-state index contributed by atoms with van der Waals surface area (Å²) < 4.78 is 26.0. The van der Waals surface area contributed by atoms with E-state index in [1.807, 2.05) is 7.05 Å². The fourth-order valence-corrected chi connectivity index (χ4v) is 2.22. The highest BCUT2D eigenvalue weighted by molar-refractivity contribution is 5.23. The van der Waals surface area contributed by atoms with Gasteiger partial charge in [0.1, 0.15) is 0 Å². The molecular formula is C13H17F2N. The zero-order valence-electron chi connectivity index (χ0n) is 9.47. The normalized spacial score (nSPS) is 17.4. The van der Waals surface area contributed by atoms with Crippen LogP contribution < -0.4 is 5.32 Å². The molecule has 0 aliphatic heterocycles. The summed E-state index contributed by atoms with van der Waals surface area (Å²) in [5.74, 6) is -0.444. The van der Waals surface area contributed by atoms with Crippen molar-refractivity contribution in [3.8, 4) is 0 Å². The van der Waals surface area contributed by atoms with Crippen molar-refractivity contribution in [2.45, 2.75) is 25.2 Å². The third-order valence-electron chi connectivity index (χ3n) is 3.27. The van der Waals surface area contributed by atoms with Gasteiger partial charge in [-0.2, -0.15) is 0 Å². The first-order valence-corrected chi connectivity index (χ1v) is 5.82. The zero-order valence-corrected chi connectivity index (χ0v) is 9.47. The lowest BCUT2D eigenvalue weighted by molar-refractivity contribution is 0.496. The second-order valence-corrected chi connectivity index (χ2v) is 4.51. The summed E-state index contributed by atoms with van der Waals surface area (Å²) in [5.41, 5.74) is 0.941. The SMILES string of the molecule is CNCCC(c1ccc(F)c(F)c1)C1CC1. The molecule has 1 unspecified atom stereocenters. The predicted octanol–water partition coefficient (Wildman–Crippen LogP) is 3.07. The second-order valence-electron chi connectivity index (χ2n) is 4.51. The average Bonchev–Trinajstić information content (AvgIpc) is 3.08. The van der Waals surface area contributed by atoms with Crippen LogP contribution in [0.4, 0.5) is 8.78 Å². The number of rotatable bonds is 5. The van der Waals surface area contributed by atoms with Crippen molar-refractivity contribution in [1.82, 2.24) is 5.32 Å². The highest BCUT2D eigenvalue weighted by Crippen LogP contribution is 2.44. The Morgan fingerprint density at radius 3 is 2.62 bits per heavy atom. The van der Waals surface area contributed by atoms with Crippen LogP contribution in [-0.4, -0.2) is 13.6 Å². The Hall–Kier alpha value is -0.960. The second kappa shape index (κ2) is 4.91. The summed E-state index contributed by atoms with van der Waals surface area (Å²) in [6, 6.07) is 4.31. The maximum atomic E-state index is 13.2. The summed E-state index contributed by atoms with van der Waals surface area (Å²) in [7, 11) is 1.91. The quantitative estimate of drug-likeness (QED) is 0.812. The van der Waals surface area contributed by atoms with Crippen LogP contribution >= 0.6 is 0 Å². The molecule has 0 radical (unpaired) electrons. The van der Waals surface area contributed by atoms with Crippen molar-refractivity contribution in [3.05, 3.63) is 35.4 Å². The molecule has 1 N–H and O–H groups in total. The first-order chi connectivity index (χ1) is 7.72. The number of nitrogens with one attached hydrogen (secondary N) is 1. The molecule has 1 atom stereocenters. The minimum absolute atomic E-state index is 0.377. The predicted molar refractivity (Wildman–Crippen MR) is 60.4 cm³/mol. The Morgan fingerprint density at radius 2 is 2.06 bits per heavy atom. The van der Waals surface area contributed by atoms with Gasteiger partial charge in [-0.3, -0.25) is 0 Å². The van der Waals surface area contributed by atoms with Crippen LogP contribution in [0.5, 0.6) is 0 Å². The van der Waals surface area contributed by atoms with Crippen LogP contribution in [0, 0.1) is 17.6 Å². The Morgan fingerprint density at radius 1 is 1.31 bits per heavy atom. The van der Waals surface area contributed by atoms with Gasteiger partial charge in [-0.25, -0.2) is 8.78 Å². The van der Waals surface area contributed by atoms with E-state index >= 15 is 0 Å². The molecule has 2 rings (SSSR count). The van der Waals surface area contributed by atoms with Gasteiger partial charge in [0, 0.05) is 0 Å². The summed E-state index contributed by atoms with van der Waals surface area (Å²) in [6.07, 6.45) is 3.42. The lowest BCUT2D eigenvalue weighted by Gasteiger charge is -2.16. The van der Waals surface area contributed by atoms with Crippen molar-refractivity contribution < 1.29 is 8.78 Å². The van der Waals surface area contributed by atoms with E-state index in [4.69, 9.17) is 0 Å². The van der Waals surface area contributed by atoms with Crippen molar-refractivity contribution in [3.63, 3.8) is 0 Å². The topological polar surface area (TPSA) is 12.0 Å². The van der Waals surface area contributed by atoms with Gasteiger partial charge < -0.3 is 5.32 Å². The van der Waals surface area contributed by atoms with Crippen LogP contribution in [-0.2, 0) is 0 Å². The summed E-state index contributed by atoms with van der Waals surface area (Å²) >= 11 is 0. The molecule has 1 saturated carbocycles. The van der Waals surface area contributed by atoms with Gasteiger partial charge in [-0.05, 0) is 62.4 Å². The fourth-order valence-electron chi connectivity index (χ4n) is 2.22. The van der Waals surface area contributed by atoms with E-state index in [0.717, 1.165) is 18.5 Å². The number of benzene rings is 1. The van der Waals surface area contributed by atoms with Gasteiger partial charge in [-0.15, -0.1) is 0 Å². The minimum Gasteiger partial charge on any atom is -0.320 e. The molecule has 1 nitrogen and oxygen atoms in total. The molecule has 0 heterocycles. The van der Waals surface area contributed by atoms with Crippen molar-refractivity contribution in [2.24, 2.45) is 5.92 Å². The number of hydrogen-bond donors (Lipinski definition) is 1. The van der Waals surface area contributed by atoms with Crippen LogP contribution in [0.1, 0.15) is 30.7 Å². The first-order valence-electron chi connectivity index (χ1n) is 5.82. The number of halogens is 2. The Labute approximate surface area is 94.9 Å². The van der Waals surface area contributed by atoms with Crippen LogP contribution in [0.3, 0.4) is 0 Å². The highest BCUT2D eigenvalue weighted by Gasteiger charge is 2.32. The molecule has 1 aliphatic rings. The molecule has 3 heteroatoms. The van der Waals surface area contributed by atoms with E-state index in [-0.39, 0.29) is 0 Å². The van der Waals surface area contributed by atoms with E-state index in [0.29, 0.717) is 11.8 Å². The lowest BCUT2D eigenvalue weighted by atomic mass is 9.91. The molecule has 0 aromatic heterocycles. The third-order valence-corrected chi connectivity index (χ3v) is 3.27. The van der Waals surface area contributed by atoms with E-state index in [1.165, 1.54) is 25.0 Å². The molecule has 1 fully saturated rings. The lowest BCUT2D eigenvalue weighted by Crippen LogP contribution is -2.13. The standard InChI is InChI=1S/C13H17F2N/c1-16-7-6-11(9-2-3-9)10-4-5-12(14)13(15)8-10/h4-5,8-9,11,16H,2-3,6-7H2,1H3. The molecule has 0 amide bonds. The Balaban J connectivity index is 2.14. The average molecular weight is 225 g/mol. The molecule has 1 aromatic carbocycles. The molecule has 1 aliphatic carbocycles. The van der Waals surface area contributed by atoms with Crippen LogP contribution in [0.2, 0.25) is 0 Å². The third kappa shape index (κ3) is 2.59. The molecule has 0 spiro atoms.